The Labute approximate surface area is 125 Å². The molecule has 1 amide bonds. The monoisotopic (exact) mass is 310 g/mol. The molecule has 2 heterocycles. The Hall–Kier alpha value is -1.72. The van der Waals surface area contributed by atoms with Crippen LogP contribution < -0.4 is 0 Å². The first-order valence-electron chi connectivity index (χ1n) is 5.86. The second-order valence-corrected chi connectivity index (χ2v) is 5.85. The second kappa shape index (κ2) is 6.63. The van der Waals surface area contributed by atoms with Crippen LogP contribution in [-0.2, 0) is 6.54 Å². The first kappa shape index (κ1) is 14.7. The predicted octanol–water partition coefficient (Wildman–Crippen LogP) is 3.76. The SMILES string of the molecule is C=CCN(Cc1ccc(Cl)s1)C(=O)c1ccc(F)nc1. The molecule has 104 valence electrons. The van der Waals surface area contributed by atoms with Crippen molar-refractivity contribution >= 4 is 28.8 Å². The maximum atomic E-state index is 12.8. The molecule has 3 nitrogen and oxygen atoms in total. The summed E-state index contributed by atoms with van der Waals surface area (Å²) in [6, 6.07) is 6.25. The quantitative estimate of drug-likeness (QED) is 0.622. The lowest BCUT2D eigenvalue weighted by Gasteiger charge is -2.20. The van der Waals surface area contributed by atoms with Crippen molar-refractivity contribution in [1.29, 1.82) is 0 Å². The van der Waals surface area contributed by atoms with Crippen molar-refractivity contribution in [3.63, 3.8) is 0 Å². The average Bonchev–Trinajstić information content (AvgIpc) is 2.84. The molecule has 0 radical (unpaired) electrons. The third-order valence-corrected chi connectivity index (χ3v) is 3.80. The molecule has 6 heteroatoms. The molecule has 0 spiro atoms. The highest BCUT2D eigenvalue weighted by Crippen LogP contribution is 2.23. The standard InChI is InChI=1S/C14H12ClFN2OS/c1-2-7-18(9-11-4-5-12(15)20-11)14(19)10-3-6-13(16)17-8-10/h2-6,8H,1,7,9H2. The van der Waals surface area contributed by atoms with E-state index in [1.165, 1.54) is 29.7 Å². The number of carbonyl (C=O) groups is 1. The van der Waals surface area contributed by atoms with Crippen LogP contribution in [0.25, 0.3) is 0 Å². The van der Waals surface area contributed by atoms with E-state index in [1.54, 1.807) is 17.0 Å². The molecule has 2 aromatic rings. The van der Waals surface area contributed by atoms with Crippen molar-refractivity contribution in [2.45, 2.75) is 6.54 Å². The van der Waals surface area contributed by atoms with Crippen LogP contribution in [0.15, 0.2) is 43.1 Å². The molecule has 0 unspecified atom stereocenters. The fraction of sp³-hybridized carbons (Fsp3) is 0.143. The van der Waals surface area contributed by atoms with Gasteiger partial charge >= 0.3 is 0 Å². The number of rotatable bonds is 5. The van der Waals surface area contributed by atoms with Gasteiger partial charge in [0.25, 0.3) is 5.91 Å². The van der Waals surface area contributed by atoms with Crippen LogP contribution in [0.1, 0.15) is 15.2 Å². The number of thiophene rings is 1. The Kier molecular flexibility index (Phi) is 4.87. The van der Waals surface area contributed by atoms with E-state index < -0.39 is 5.95 Å². The molecule has 0 fully saturated rings. The molecule has 0 aliphatic rings. The van der Waals surface area contributed by atoms with Gasteiger partial charge in [0, 0.05) is 17.6 Å². The number of carbonyl (C=O) groups excluding carboxylic acids is 1. The smallest absolute Gasteiger partial charge is 0.256 e. The van der Waals surface area contributed by atoms with Crippen molar-refractivity contribution in [3.05, 3.63) is 63.8 Å². The lowest BCUT2D eigenvalue weighted by molar-refractivity contribution is 0.0763. The maximum Gasteiger partial charge on any atom is 0.256 e. The second-order valence-electron chi connectivity index (χ2n) is 4.05. The zero-order valence-corrected chi connectivity index (χ0v) is 12.1. The van der Waals surface area contributed by atoms with E-state index >= 15 is 0 Å². The van der Waals surface area contributed by atoms with Gasteiger partial charge in [0.2, 0.25) is 5.95 Å². The topological polar surface area (TPSA) is 33.2 Å². The van der Waals surface area contributed by atoms with Crippen molar-refractivity contribution in [3.8, 4) is 0 Å². The fourth-order valence-electron chi connectivity index (χ4n) is 1.68. The largest absolute Gasteiger partial charge is 0.330 e. The van der Waals surface area contributed by atoms with E-state index in [0.29, 0.717) is 23.0 Å². The molecule has 2 aromatic heterocycles. The van der Waals surface area contributed by atoms with Crippen LogP contribution in [0.3, 0.4) is 0 Å². The normalized spacial score (nSPS) is 10.3. The number of nitrogens with zero attached hydrogens (tertiary/aromatic N) is 2. The first-order valence-corrected chi connectivity index (χ1v) is 7.05. The molecule has 0 aliphatic heterocycles. The predicted molar refractivity (Wildman–Crippen MR) is 78.5 cm³/mol. The van der Waals surface area contributed by atoms with Gasteiger partial charge in [-0.3, -0.25) is 4.79 Å². The number of hydrogen-bond acceptors (Lipinski definition) is 3. The summed E-state index contributed by atoms with van der Waals surface area (Å²) in [7, 11) is 0. The molecule has 0 aromatic carbocycles. The van der Waals surface area contributed by atoms with E-state index in [0.717, 1.165) is 4.88 Å². The van der Waals surface area contributed by atoms with Crippen LogP contribution in [0, 0.1) is 5.95 Å². The van der Waals surface area contributed by atoms with Gasteiger partial charge in [0.05, 0.1) is 16.4 Å². The first-order chi connectivity index (χ1) is 9.60. The minimum atomic E-state index is -0.609. The molecule has 2 rings (SSSR count). The minimum absolute atomic E-state index is 0.220. The van der Waals surface area contributed by atoms with Crippen molar-refractivity contribution in [1.82, 2.24) is 9.88 Å². The number of pyridine rings is 1. The number of hydrogen-bond donors (Lipinski definition) is 0. The van der Waals surface area contributed by atoms with Gasteiger partial charge in [-0.25, -0.2) is 4.98 Å². The molecule has 0 atom stereocenters. The molecular weight excluding hydrogens is 299 g/mol. The summed E-state index contributed by atoms with van der Waals surface area (Å²) in [5.41, 5.74) is 0.343. The van der Waals surface area contributed by atoms with Gasteiger partial charge in [-0.2, -0.15) is 4.39 Å². The zero-order valence-electron chi connectivity index (χ0n) is 10.6. The zero-order chi connectivity index (χ0) is 14.5. The number of amides is 1. The number of aromatic nitrogens is 1. The maximum absolute atomic E-state index is 12.8. The number of halogens is 2. The van der Waals surface area contributed by atoms with Crippen LogP contribution in [0.2, 0.25) is 4.34 Å². The van der Waals surface area contributed by atoms with Crippen molar-refractivity contribution in [2.24, 2.45) is 0 Å². The highest BCUT2D eigenvalue weighted by Gasteiger charge is 2.16. The van der Waals surface area contributed by atoms with Crippen LogP contribution in [0.5, 0.6) is 0 Å². The van der Waals surface area contributed by atoms with Gasteiger partial charge in [-0.05, 0) is 24.3 Å². The lowest BCUT2D eigenvalue weighted by atomic mass is 10.2. The molecule has 0 bridgehead atoms. The Morgan fingerprint density at radius 3 is 2.80 bits per heavy atom. The Morgan fingerprint density at radius 1 is 1.45 bits per heavy atom. The molecule has 0 saturated heterocycles. The summed E-state index contributed by atoms with van der Waals surface area (Å²) in [6.45, 7) is 4.47. The molecule has 0 aliphatic carbocycles. The van der Waals surface area contributed by atoms with E-state index in [1.807, 2.05) is 6.07 Å². The minimum Gasteiger partial charge on any atom is -0.330 e. The van der Waals surface area contributed by atoms with Crippen LogP contribution in [-0.4, -0.2) is 22.3 Å². The molecule has 0 N–H and O–H groups in total. The van der Waals surface area contributed by atoms with Gasteiger partial charge in [0.1, 0.15) is 0 Å². The lowest BCUT2D eigenvalue weighted by Crippen LogP contribution is -2.30. The van der Waals surface area contributed by atoms with Gasteiger partial charge in [-0.1, -0.05) is 17.7 Å². The van der Waals surface area contributed by atoms with Crippen LogP contribution in [0.4, 0.5) is 4.39 Å². The molecular formula is C14H12ClFN2OS. The highest BCUT2D eigenvalue weighted by molar-refractivity contribution is 7.16. The van der Waals surface area contributed by atoms with E-state index in [9.17, 15) is 9.18 Å². The van der Waals surface area contributed by atoms with Gasteiger partial charge < -0.3 is 4.90 Å². The summed E-state index contributed by atoms with van der Waals surface area (Å²) >= 11 is 7.30. The van der Waals surface area contributed by atoms with E-state index in [-0.39, 0.29) is 5.91 Å². The average molecular weight is 311 g/mol. The van der Waals surface area contributed by atoms with E-state index in [4.69, 9.17) is 11.6 Å². The third kappa shape index (κ3) is 3.65. The van der Waals surface area contributed by atoms with Crippen LogP contribution >= 0.6 is 22.9 Å². The van der Waals surface area contributed by atoms with Crippen molar-refractivity contribution in [2.75, 3.05) is 6.54 Å². The summed E-state index contributed by atoms with van der Waals surface area (Å²) in [5.74, 6) is -0.830. The highest BCUT2D eigenvalue weighted by atomic mass is 35.5. The summed E-state index contributed by atoms with van der Waals surface area (Å²) < 4.78 is 13.5. The van der Waals surface area contributed by atoms with Crippen molar-refractivity contribution < 1.29 is 9.18 Å². The van der Waals surface area contributed by atoms with E-state index in [2.05, 4.69) is 11.6 Å². The fourth-order valence-corrected chi connectivity index (χ4v) is 2.79. The van der Waals surface area contributed by atoms with Gasteiger partial charge in [0.15, 0.2) is 0 Å². The summed E-state index contributed by atoms with van der Waals surface area (Å²) in [6.07, 6.45) is 2.87. The third-order valence-electron chi connectivity index (χ3n) is 2.59. The Bertz CT molecular complexity index is 612. The van der Waals surface area contributed by atoms with Gasteiger partial charge in [-0.15, -0.1) is 17.9 Å². The molecule has 0 saturated carbocycles. The molecule has 20 heavy (non-hydrogen) atoms. The summed E-state index contributed by atoms with van der Waals surface area (Å²) in [5, 5.41) is 0. The Morgan fingerprint density at radius 2 is 2.25 bits per heavy atom. The summed E-state index contributed by atoms with van der Waals surface area (Å²) in [4.78, 5) is 18.4. The Balaban J connectivity index is 2.17.